The van der Waals surface area contributed by atoms with E-state index < -0.39 is 0 Å². The van der Waals surface area contributed by atoms with E-state index in [2.05, 4.69) is 15.3 Å². The molecule has 4 aromatic rings. The molecule has 31 heavy (non-hydrogen) atoms. The van der Waals surface area contributed by atoms with Crippen LogP contribution in [0.4, 0.5) is 5.69 Å². The summed E-state index contributed by atoms with van der Waals surface area (Å²) in [7, 11) is 0. The second kappa shape index (κ2) is 9.38. The molecule has 2 aromatic heterocycles. The van der Waals surface area contributed by atoms with Crippen molar-refractivity contribution in [1.29, 1.82) is 0 Å². The van der Waals surface area contributed by atoms with Gasteiger partial charge in [0.15, 0.2) is 5.82 Å². The molecular formula is C24H24N4O3. The first kappa shape index (κ1) is 20.5. The van der Waals surface area contributed by atoms with Crippen LogP contribution in [-0.4, -0.2) is 21.2 Å². The molecule has 0 unspecified atom stereocenters. The first-order valence-electron chi connectivity index (χ1n) is 10.2. The van der Waals surface area contributed by atoms with Crippen molar-refractivity contribution in [3.63, 3.8) is 0 Å². The molecule has 0 bridgehead atoms. The second-order valence-electron chi connectivity index (χ2n) is 7.38. The number of benzene rings is 2. The molecule has 4 rings (SSSR count). The zero-order valence-electron chi connectivity index (χ0n) is 17.6. The van der Waals surface area contributed by atoms with Crippen molar-refractivity contribution >= 4 is 11.6 Å². The van der Waals surface area contributed by atoms with Gasteiger partial charge in [-0.05, 0) is 31.5 Å². The minimum Gasteiger partial charge on any atom is -0.361 e. The normalized spacial score (nSPS) is 10.9. The summed E-state index contributed by atoms with van der Waals surface area (Å²) in [5.74, 6) is 1.76. The van der Waals surface area contributed by atoms with Crippen molar-refractivity contribution < 1.29 is 13.8 Å². The number of nitrogens with zero attached hydrogens (tertiary/aromatic N) is 4. The monoisotopic (exact) mass is 416 g/mol. The van der Waals surface area contributed by atoms with Crippen LogP contribution in [0.2, 0.25) is 0 Å². The smallest absolute Gasteiger partial charge is 0.227 e. The zero-order valence-corrected chi connectivity index (χ0v) is 17.6. The lowest BCUT2D eigenvalue weighted by atomic mass is 10.1. The second-order valence-corrected chi connectivity index (χ2v) is 7.38. The highest BCUT2D eigenvalue weighted by Gasteiger charge is 2.21. The molecule has 0 saturated heterocycles. The third-order valence-corrected chi connectivity index (χ3v) is 5.13. The van der Waals surface area contributed by atoms with Crippen LogP contribution < -0.4 is 4.90 Å². The number of aromatic nitrogens is 3. The molecule has 1 amide bonds. The number of carbonyl (C=O) groups is 1. The Bertz CT molecular complexity index is 1120. The van der Waals surface area contributed by atoms with Crippen LogP contribution in [0, 0.1) is 13.8 Å². The van der Waals surface area contributed by atoms with Crippen molar-refractivity contribution in [3.8, 4) is 0 Å². The third kappa shape index (κ3) is 5.06. The summed E-state index contributed by atoms with van der Waals surface area (Å²) in [4.78, 5) is 19.3. The van der Waals surface area contributed by atoms with Crippen LogP contribution in [0.1, 0.15) is 40.7 Å². The minimum atomic E-state index is -0.0333. The first-order chi connectivity index (χ1) is 15.1. The van der Waals surface area contributed by atoms with Gasteiger partial charge < -0.3 is 13.9 Å². The first-order valence-corrected chi connectivity index (χ1v) is 10.2. The summed E-state index contributed by atoms with van der Waals surface area (Å²) in [6.07, 6.45) is 1.23. The summed E-state index contributed by atoms with van der Waals surface area (Å²) in [5.41, 5.74) is 3.64. The quantitative estimate of drug-likeness (QED) is 0.422. The van der Waals surface area contributed by atoms with E-state index in [1.165, 1.54) is 0 Å². The maximum absolute atomic E-state index is 13.1. The van der Waals surface area contributed by atoms with Crippen LogP contribution in [0.3, 0.4) is 0 Å². The highest BCUT2D eigenvalue weighted by Crippen LogP contribution is 2.22. The van der Waals surface area contributed by atoms with Gasteiger partial charge in [-0.3, -0.25) is 4.79 Å². The number of hydrogen-bond acceptors (Lipinski definition) is 6. The van der Waals surface area contributed by atoms with Gasteiger partial charge in [0.2, 0.25) is 11.8 Å². The van der Waals surface area contributed by atoms with Gasteiger partial charge >= 0.3 is 0 Å². The molecule has 0 saturated carbocycles. The molecule has 0 fully saturated rings. The Morgan fingerprint density at radius 3 is 2.32 bits per heavy atom. The molecule has 7 nitrogen and oxygen atoms in total. The lowest BCUT2D eigenvalue weighted by molar-refractivity contribution is -0.118. The van der Waals surface area contributed by atoms with E-state index in [-0.39, 0.29) is 12.3 Å². The molecule has 0 N–H and O–H groups in total. The Labute approximate surface area is 180 Å². The van der Waals surface area contributed by atoms with Crippen LogP contribution >= 0.6 is 0 Å². The largest absolute Gasteiger partial charge is 0.361 e. The molecule has 0 aliphatic rings. The summed E-state index contributed by atoms with van der Waals surface area (Å²) in [6, 6.07) is 19.6. The summed E-state index contributed by atoms with van der Waals surface area (Å²) in [6.45, 7) is 4.13. The molecule has 0 aliphatic carbocycles. The molecule has 0 atom stereocenters. The topological polar surface area (TPSA) is 85.3 Å². The number of carbonyl (C=O) groups excluding carboxylic acids is 1. The summed E-state index contributed by atoms with van der Waals surface area (Å²) < 4.78 is 10.6. The number of rotatable bonds is 8. The van der Waals surface area contributed by atoms with E-state index in [9.17, 15) is 4.79 Å². The van der Waals surface area contributed by atoms with Crippen molar-refractivity contribution in [3.05, 3.63) is 95.0 Å². The average molecular weight is 416 g/mol. The highest BCUT2D eigenvalue weighted by atomic mass is 16.5. The summed E-state index contributed by atoms with van der Waals surface area (Å²) in [5, 5.41) is 8.05. The number of hydrogen-bond donors (Lipinski definition) is 0. The minimum absolute atomic E-state index is 0.0333. The Hall–Kier alpha value is -3.74. The zero-order chi connectivity index (χ0) is 21.6. The van der Waals surface area contributed by atoms with E-state index in [0.717, 1.165) is 22.5 Å². The molecule has 2 aromatic carbocycles. The van der Waals surface area contributed by atoms with E-state index in [1.54, 1.807) is 4.90 Å². The van der Waals surface area contributed by atoms with Gasteiger partial charge in [-0.2, -0.15) is 4.98 Å². The Morgan fingerprint density at radius 1 is 0.935 bits per heavy atom. The Balaban J connectivity index is 1.44. The SMILES string of the molecule is Cc1noc(C)c1CN(C(=O)CCc1nc(Cc2ccccc2)no1)c1ccccc1. The third-order valence-electron chi connectivity index (χ3n) is 5.13. The molecule has 0 spiro atoms. The summed E-state index contributed by atoms with van der Waals surface area (Å²) >= 11 is 0. The van der Waals surface area contributed by atoms with Crippen molar-refractivity contribution in [2.75, 3.05) is 4.90 Å². The lowest BCUT2D eigenvalue weighted by Crippen LogP contribution is -2.31. The molecule has 7 heteroatoms. The fraction of sp³-hybridized carbons (Fsp3) is 0.250. The number of aryl methyl sites for hydroxylation is 3. The predicted octanol–water partition coefficient (Wildman–Crippen LogP) is 4.43. The van der Waals surface area contributed by atoms with E-state index in [0.29, 0.717) is 36.9 Å². The standard InChI is InChI=1S/C24H24N4O3/c1-17-21(18(2)30-26-17)16-28(20-11-7-4-8-12-20)24(29)14-13-23-25-22(27-31-23)15-19-9-5-3-6-10-19/h3-12H,13-16H2,1-2H3. The Morgan fingerprint density at radius 2 is 1.65 bits per heavy atom. The predicted molar refractivity (Wildman–Crippen MR) is 115 cm³/mol. The molecular weight excluding hydrogens is 392 g/mol. The fourth-order valence-corrected chi connectivity index (χ4v) is 3.41. The lowest BCUT2D eigenvalue weighted by Gasteiger charge is -2.22. The van der Waals surface area contributed by atoms with Crippen LogP contribution in [0.5, 0.6) is 0 Å². The van der Waals surface area contributed by atoms with Gasteiger partial charge in [0.1, 0.15) is 5.76 Å². The van der Waals surface area contributed by atoms with E-state index in [1.807, 2.05) is 74.5 Å². The van der Waals surface area contributed by atoms with Crippen LogP contribution in [-0.2, 0) is 24.2 Å². The van der Waals surface area contributed by atoms with Gasteiger partial charge in [-0.1, -0.05) is 58.8 Å². The Kier molecular flexibility index (Phi) is 6.21. The van der Waals surface area contributed by atoms with Gasteiger partial charge in [0, 0.05) is 30.5 Å². The molecule has 2 heterocycles. The van der Waals surface area contributed by atoms with Gasteiger partial charge in [-0.25, -0.2) is 0 Å². The number of amides is 1. The average Bonchev–Trinajstić information content (AvgIpc) is 3.37. The van der Waals surface area contributed by atoms with Crippen molar-refractivity contribution in [1.82, 2.24) is 15.3 Å². The molecule has 0 radical (unpaired) electrons. The number of anilines is 1. The molecule has 0 aliphatic heterocycles. The fourth-order valence-electron chi connectivity index (χ4n) is 3.41. The van der Waals surface area contributed by atoms with Crippen LogP contribution in [0.25, 0.3) is 0 Å². The maximum Gasteiger partial charge on any atom is 0.227 e. The van der Waals surface area contributed by atoms with E-state index in [4.69, 9.17) is 9.05 Å². The highest BCUT2D eigenvalue weighted by molar-refractivity contribution is 5.93. The van der Waals surface area contributed by atoms with Gasteiger partial charge in [0.25, 0.3) is 0 Å². The van der Waals surface area contributed by atoms with E-state index >= 15 is 0 Å². The van der Waals surface area contributed by atoms with Gasteiger partial charge in [-0.15, -0.1) is 0 Å². The van der Waals surface area contributed by atoms with Gasteiger partial charge in [0.05, 0.1) is 12.2 Å². The van der Waals surface area contributed by atoms with Crippen molar-refractivity contribution in [2.45, 2.75) is 39.7 Å². The molecule has 158 valence electrons. The number of para-hydroxylation sites is 1. The van der Waals surface area contributed by atoms with Crippen LogP contribution in [0.15, 0.2) is 69.7 Å². The van der Waals surface area contributed by atoms with Crippen molar-refractivity contribution in [2.24, 2.45) is 0 Å². The maximum atomic E-state index is 13.1.